The predicted octanol–water partition coefficient (Wildman–Crippen LogP) is 2.40. The molecule has 1 unspecified atom stereocenters. The summed E-state index contributed by atoms with van der Waals surface area (Å²) < 4.78 is 0.835. The standard InChI is InChI=1S/C12H20BrN5/c1-12(2,3)8-4-5-18(6-8)11-9(13)10(17-14)15-7-16-11/h7-8H,4-6,14H2,1-3H3,(H,15,16,17). The molecule has 0 aliphatic carbocycles. The van der Waals surface area contributed by atoms with E-state index >= 15 is 0 Å². The van der Waals surface area contributed by atoms with Gasteiger partial charge < -0.3 is 10.3 Å². The number of nitrogens with two attached hydrogens (primary N) is 1. The van der Waals surface area contributed by atoms with E-state index in [0.29, 0.717) is 17.2 Å². The van der Waals surface area contributed by atoms with E-state index in [-0.39, 0.29) is 0 Å². The van der Waals surface area contributed by atoms with Gasteiger partial charge in [0.2, 0.25) is 0 Å². The summed E-state index contributed by atoms with van der Waals surface area (Å²) >= 11 is 3.51. The zero-order valence-electron chi connectivity index (χ0n) is 11.1. The molecule has 5 nitrogen and oxygen atoms in total. The van der Waals surface area contributed by atoms with Crippen molar-refractivity contribution >= 4 is 27.6 Å². The summed E-state index contributed by atoms with van der Waals surface area (Å²) in [5, 5.41) is 0. The molecular weight excluding hydrogens is 294 g/mol. The van der Waals surface area contributed by atoms with Gasteiger partial charge in [-0.25, -0.2) is 15.8 Å². The van der Waals surface area contributed by atoms with Crippen molar-refractivity contribution in [2.45, 2.75) is 27.2 Å². The molecule has 1 aromatic heterocycles. The van der Waals surface area contributed by atoms with Gasteiger partial charge in [-0.1, -0.05) is 20.8 Å². The van der Waals surface area contributed by atoms with E-state index in [0.717, 1.165) is 23.4 Å². The predicted molar refractivity (Wildman–Crippen MR) is 77.3 cm³/mol. The topological polar surface area (TPSA) is 67.1 Å². The van der Waals surface area contributed by atoms with E-state index < -0.39 is 0 Å². The summed E-state index contributed by atoms with van der Waals surface area (Å²) in [6, 6.07) is 0. The molecule has 0 amide bonds. The molecule has 1 aliphatic heterocycles. The smallest absolute Gasteiger partial charge is 0.159 e. The maximum atomic E-state index is 5.43. The quantitative estimate of drug-likeness (QED) is 0.648. The molecule has 1 atom stereocenters. The van der Waals surface area contributed by atoms with E-state index in [1.54, 1.807) is 6.33 Å². The first-order chi connectivity index (χ1) is 8.43. The molecule has 2 heterocycles. The zero-order chi connectivity index (χ0) is 13.3. The Hall–Kier alpha value is -0.880. The van der Waals surface area contributed by atoms with Gasteiger partial charge in [0, 0.05) is 13.1 Å². The molecule has 1 aliphatic rings. The number of hydrogen-bond donors (Lipinski definition) is 2. The molecule has 0 radical (unpaired) electrons. The number of nitrogens with one attached hydrogen (secondary N) is 1. The molecule has 1 saturated heterocycles. The van der Waals surface area contributed by atoms with Crippen LogP contribution in [0.1, 0.15) is 27.2 Å². The Kier molecular flexibility index (Phi) is 3.77. The number of anilines is 2. The number of rotatable bonds is 2. The monoisotopic (exact) mass is 313 g/mol. The minimum absolute atomic E-state index is 0.337. The van der Waals surface area contributed by atoms with Crippen LogP contribution in [-0.4, -0.2) is 23.1 Å². The molecule has 0 bridgehead atoms. The Morgan fingerprint density at radius 1 is 1.44 bits per heavy atom. The van der Waals surface area contributed by atoms with Gasteiger partial charge in [-0.15, -0.1) is 0 Å². The highest BCUT2D eigenvalue weighted by molar-refractivity contribution is 9.10. The van der Waals surface area contributed by atoms with Crippen LogP contribution in [0.5, 0.6) is 0 Å². The van der Waals surface area contributed by atoms with E-state index in [2.05, 4.69) is 57.0 Å². The second kappa shape index (κ2) is 5.01. The van der Waals surface area contributed by atoms with Crippen LogP contribution in [0.4, 0.5) is 11.6 Å². The van der Waals surface area contributed by atoms with Crippen molar-refractivity contribution in [3.63, 3.8) is 0 Å². The van der Waals surface area contributed by atoms with Gasteiger partial charge >= 0.3 is 0 Å². The van der Waals surface area contributed by atoms with Gasteiger partial charge in [0.05, 0.1) is 0 Å². The van der Waals surface area contributed by atoms with E-state index in [4.69, 9.17) is 5.84 Å². The SMILES string of the molecule is CC(C)(C)C1CCN(c2ncnc(NN)c2Br)C1. The number of nitrogens with zero attached hydrogens (tertiary/aromatic N) is 3. The highest BCUT2D eigenvalue weighted by Crippen LogP contribution is 2.38. The summed E-state index contributed by atoms with van der Waals surface area (Å²) in [6.45, 7) is 8.94. The van der Waals surface area contributed by atoms with Crippen LogP contribution in [0.2, 0.25) is 0 Å². The highest BCUT2D eigenvalue weighted by Gasteiger charge is 2.33. The number of hydrazine groups is 1. The normalized spacial score (nSPS) is 20.3. The average molecular weight is 314 g/mol. The van der Waals surface area contributed by atoms with Crippen molar-refractivity contribution in [3.8, 4) is 0 Å². The third kappa shape index (κ3) is 2.59. The molecule has 3 N–H and O–H groups in total. The summed E-state index contributed by atoms with van der Waals surface area (Å²) in [7, 11) is 0. The van der Waals surface area contributed by atoms with Crippen LogP contribution in [0.15, 0.2) is 10.8 Å². The lowest BCUT2D eigenvalue weighted by atomic mass is 9.80. The minimum Gasteiger partial charge on any atom is -0.355 e. The van der Waals surface area contributed by atoms with Crippen molar-refractivity contribution in [2.75, 3.05) is 23.4 Å². The first-order valence-electron chi connectivity index (χ1n) is 6.15. The minimum atomic E-state index is 0.337. The van der Waals surface area contributed by atoms with Gasteiger partial charge in [0.25, 0.3) is 0 Å². The van der Waals surface area contributed by atoms with Gasteiger partial charge in [0.1, 0.15) is 16.6 Å². The third-order valence-electron chi connectivity index (χ3n) is 3.62. The number of halogens is 1. The molecule has 0 spiro atoms. The van der Waals surface area contributed by atoms with Crippen molar-refractivity contribution in [2.24, 2.45) is 17.2 Å². The van der Waals surface area contributed by atoms with Crippen LogP contribution >= 0.6 is 15.9 Å². The summed E-state index contributed by atoms with van der Waals surface area (Å²) in [5.74, 6) is 7.66. The zero-order valence-corrected chi connectivity index (χ0v) is 12.7. The second-order valence-electron chi connectivity index (χ2n) is 5.80. The molecule has 2 rings (SSSR count). The Morgan fingerprint density at radius 2 is 2.17 bits per heavy atom. The maximum absolute atomic E-state index is 5.43. The van der Waals surface area contributed by atoms with E-state index in [1.807, 2.05) is 0 Å². The first kappa shape index (κ1) is 13.5. The van der Waals surface area contributed by atoms with Crippen LogP contribution in [0, 0.1) is 11.3 Å². The number of hydrogen-bond acceptors (Lipinski definition) is 5. The van der Waals surface area contributed by atoms with Crippen LogP contribution in [0.3, 0.4) is 0 Å². The molecule has 0 aromatic carbocycles. The molecular formula is C12H20BrN5. The summed E-state index contributed by atoms with van der Waals surface area (Å²) in [6.07, 6.45) is 2.74. The first-order valence-corrected chi connectivity index (χ1v) is 6.95. The Labute approximate surface area is 116 Å². The Morgan fingerprint density at radius 3 is 2.72 bits per heavy atom. The second-order valence-corrected chi connectivity index (χ2v) is 6.59. The molecule has 18 heavy (non-hydrogen) atoms. The molecule has 1 fully saturated rings. The van der Waals surface area contributed by atoms with E-state index in [9.17, 15) is 0 Å². The van der Waals surface area contributed by atoms with E-state index in [1.165, 1.54) is 6.42 Å². The molecule has 6 heteroatoms. The average Bonchev–Trinajstić information content (AvgIpc) is 2.78. The lowest BCUT2D eigenvalue weighted by molar-refractivity contribution is 0.263. The van der Waals surface area contributed by atoms with Crippen molar-refractivity contribution < 1.29 is 0 Å². The molecule has 0 saturated carbocycles. The highest BCUT2D eigenvalue weighted by atomic mass is 79.9. The van der Waals surface area contributed by atoms with Gasteiger partial charge in [-0.05, 0) is 33.7 Å². The molecule has 1 aromatic rings. The fourth-order valence-electron chi connectivity index (χ4n) is 2.34. The Bertz CT molecular complexity index is 429. The summed E-state index contributed by atoms with van der Waals surface area (Å²) in [5.41, 5.74) is 2.91. The largest absolute Gasteiger partial charge is 0.355 e. The molecule has 100 valence electrons. The van der Waals surface area contributed by atoms with Crippen LogP contribution < -0.4 is 16.2 Å². The van der Waals surface area contributed by atoms with Crippen LogP contribution in [-0.2, 0) is 0 Å². The fourth-order valence-corrected chi connectivity index (χ4v) is 2.91. The number of aromatic nitrogens is 2. The lowest BCUT2D eigenvalue weighted by Crippen LogP contribution is -2.27. The van der Waals surface area contributed by atoms with Crippen molar-refractivity contribution in [1.29, 1.82) is 0 Å². The van der Waals surface area contributed by atoms with Gasteiger partial charge in [0.15, 0.2) is 5.82 Å². The summed E-state index contributed by atoms with van der Waals surface area (Å²) in [4.78, 5) is 10.7. The van der Waals surface area contributed by atoms with Crippen molar-refractivity contribution in [1.82, 2.24) is 9.97 Å². The van der Waals surface area contributed by atoms with Gasteiger partial charge in [-0.3, -0.25) is 0 Å². The number of nitrogen functional groups attached to an aromatic ring is 1. The maximum Gasteiger partial charge on any atom is 0.159 e. The third-order valence-corrected chi connectivity index (χ3v) is 4.35. The van der Waals surface area contributed by atoms with Crippen LogP contribution in [0.25, 0.3) is 0 Å². The fraction of sp³-hybridized carbons (Fsp3) is 0.667. The van der Waals surface area contributed by atoms with Crippen molar-refractivity contribution in [3.05, 3.63) is 10.8 Å². The van der Waals surface area contributed by atoms with Gasteiger partial charge in [-0.2, -0.15) is 0 Å². The lowest BCUT2D eigenvalue weighted by Gasteiger charge is -2.27. The Balaban J connectivity index is 2.20.